The molecule has 2 rings (SSSR count). The zero-order chi connectivity index (χ0) is 14.0. The Balaban J connectivity index is 2.02. The Morgan fingerprint density at radius 1 is 1.37 bits per heavy atom. The van der Waals surface area contributed by atoms with Gasteiger partial charge < -0.3 is 4.74 Å². The predicted octanol–water partition coefficient (Wildman–Crippen LogP) is 4.92. The first-order valence-electron chi connectivity index (χ1n) is 5.89. The molecule has 0 aliphatic rings. The van der Waals surface area contributed by atoms with Crippen molar-refractivity contribution in [2.24, 2.45) is 0 Å². The first kappa shape index (κ1) is 14.5. The number of hydrogen-bond donors (Lipinski definition) is 0. The van der Waals surface area contributed by atoms with Crippen molar-refractivity contribution in [3.05, 3.63) is 44.6 Å². The van der Waals surface area contributed by atoms with Crippen LogP contribution in [0.4, 0.5) is 4.39 Å². The minimum Gasteiger partial charge on any atom is -0.486 e. The summed E-state index contributed by atoms with van der Waals surface area (Å²) in [6.45, 7) is 6.79. The van der Waals surface area contributed by atoms with Crippen molar-refractivity contribution >= 4 is 27.3 Å². The van der Waals surface area contributed by atoms with Crippen LogP contribution < -0.4 is 4.74 Å². The third kappa shape index (κ3) is 3.76. The van der Waals surface area contributed by atoms with Crippen LogP contribution in [0.2, 0.25) is 0 Å². The maximum atomic E-state index is 13.1. The van der Waals surface area contributed by atoms with Crippen molar-refractivity contribution in [3.8, 4) is 5.75 Å². The van der Waals surface area contributed by atoms with E-state index in [4.69, 9.17) is 4.74 Å². The molecule has 19 heavy (non-hydrogen) atoms. The molecule has 1 aromatic carbocycles. The summed E-state index contributed by atoms with van der Waals surface area (Å²) in [4.78, 5) is 4.54. The lowest BCUT2D eigenvalue weighted by atomic mass is 9.93. The van der Waals surface area contributed by atoms with E-state index < -0.39 is 0 Å². The van der Waals surface area contributed by atoms with E-state index in [9.17, 15) is 4.39 Å². The molecule has 2 aromatic rings. The SMILES string of the molecule is CC(C)(C)c1csc(COc2ccc(F)c(Br)c2)n1. The lowest BCUT2D eigenvalue weighted by Crippen LogP contribution is -2.11. The minimum absolute atomic E-state index is 0.0493. The summed E-state index contributed by atoms with van der Waals surface area (Å²) in [5.41, 5.74) is 1.12. The molecule has 5 heteroatoms. The first-order valence-corrected chi connectivity index (χ1v) is 7.56. The van der Waals surface area contributed by atoms with Crippen molar-refractivity contribution < 1.29 is 9.13 Å². The van der Waals surface area contributed by atoms with Crippen LogP contribution in [0.25, 0.3) is 0 Å². The van der Waals surface area contributed by atoms with Crippen LogP contribution in [0.5, 0.6) is 5.75 Å². The van der Waals surface area contributed by atoms with Crippen LogP contribution in [-0.2, 0) is 12.0 Å². The van der Waals surface area contributed by atoms with Crippen LogP contribution in [0.3, 0.4) is 0 Å². The second kappa shape index (κ2) is 5.59. The standard InChI is InChI=1S/C14H15BrFNOS/c1-14(2,3)12-8-19-13(17-12)7-18-9-4-5-11(16)10(15)6-9/h4-6,8H,7H2,1-3H3. The molecule has 0 saturated heterocycles. The molecular formula is C14H15BrFNOS. The summed E-state index contributed by atoms with van der Waals surface area (Å²) in [7, 11) is 0. The summed E-state index contributed by atoms with van der Waals surface area (Å²) in [6.07, 6.45) is 0. The molecular weight excluding hydrogens is 329 g/mol. The van der Waals surface area contributed by atoms with Gasteiger partial charge in [0, 0.05) is 10.8 Å². The molecule has 0 amide bonds. The van der Waals surface area contributed by atoms with E-state index in [0.717, 1.165) is 10.7 Å². The molecule has 1 heterocycles. The quantitative estimate of drug-likeness (QED) is 0.788. The van der Waals surface area contributed by atoms with Crippen LogP contribution >= 0.6 is 27.3 Å². The Labute approximate surface area is 124 Å². The van der Waals surface area contributed by atoms with Gasteiger partial charge in [0.15, 0.2) is 0 Å². The molecule has 0 N–H and O–H groups in total. The van der Waals surface area contributed by atoms with Crippen molar-refractivity contribution in [2.75, 3.05) is 0 Å². The third-order valence-corrected chi connectivity index (χ3v) is 4.00. The lowest BCUT2D eigenvalue weighted by Gasteiger charge is -2.14. The molecule has 0 unspecified atom stereocenters. The molecule has 1 aromatic heterocycles. The smallest absolute Gasteiger partial charge is 0.140 e. The van der Waals surface area contributed by atoms with Gasteiger partial charge in [-0.3, -0.25) is 0 Å². The number of hydrogen-bond acceptors (Lipinski definition) is 3. The number of benzene rings is 1. The predicted molar refractivity (Wildman–Crippen MR) is 79.2 cm³/mol. The van der Waals surface area contributed by atoms with Crippen LogP contribution in [0.15, 0.2) is 28.1 Å². The molecule has 0 spiro atoms. The highest BCUT2D eigenvalue weighted by atomic mass is 79.9. The van der Waals surface area contributed by atoms with Crippen LogP contribution in [-0.4, -0.2) is 4.98 Å². The van der Waals surface area contributed by atoms with Crippen molar-refractivity contribution in [3.63, 3.8) is 0 Å². The fourth-order valence-corrected chi connectivity index (χ4v) is 2.72. The number of ether oxygens (including phenoxy) is 1. The van der Waals surface area contributed by atoms with Crippen molar-refractivity contribution in [2.45, 2.75) is 32.8 Å². The van der Waals surface area contributed by atoms with Crippen molar-refractivity contribution in [1.29, 1.82) is 0 Å². The molecule has 102 valence electrons. The zero-order valence-electron chi connectivity index (χ0n) is 11.0. The van der Waals surface area contributed by atoms with Crippen LogP contribution in [0, 0.1) is 5.82 Å². The summed E-state index contributed by atoms with van der Waals surface area (Å²) in [6, 6.07) is 4.60. The first-order chi connectivity index (χ1) is 8.86. The molecule has 0 bridgehead atoms. The second-order valence-electron chi connectivity index (χ2n) is 5.24. The number of rotatable bonds is 3. The summed E-state index contributed by atoms with van der Waals surface area (Å²) in [5, 5.41) is 2.98. The molecule has 0 saturated carbocycles. The molecule has 0 atom stereocenters. The van der Waals surface area contributed by atoms with Gasteiger partial charge in [-0.15, -0.1) is 11.3 Å². The molecule has 0 fully saturated rings. The lowest BCUT2D eigenvalue weighted by molar-refractivity contribution is 0.304. The normalized spacial score (nSPS) is 11.6. The summed E-state index contributed by atoms with van der Waals surface area (Å²) in [5.74, 6) is 0.331. The van der Waals surface area contributed by atoms with E-state index in [-0.39, 0.29) is 11.2 Å². The van der Waals surface area contributed by atoms with Gasteiger partial charge in [-0.05, 0) is 34.1 Å². The molecule has 0 radical (unpaired) electrons. The average Bonchev–Trinajstić information content (AvgIpc) is 2.79. The fourth-order valence-electron chi connectivity index (χ4n) is 1.43. The monoisotopic (exact) mass is 343 g/mol. The number of nitrogens with zero attached hydrogens (tertiary/aromatic N) is 1. The average molecular weight is 344 g/mol. The highest BCUT2D eigenvalue weighted by Gasteiger charge is 2.17. The Hall–Kier alpha value is -0.940. The van der Waals surface area contributed by atoms with Gasteiger partial charge in [0.05, 0.1) is 10.2 Å². The molecule has 0 aliphatic carbocycles. The Kier molecular flexibility index (Phi) is 4.26. The van der Waals surface area contributed by atoms with Gasteiger partial charge in [0.2, 0.25) is 0 Å². The third-order valence-electron chi connectivity index (χ3n) is 2.57. The maximum Gasteiger partial charge on any atom is 0.140 e. The number of thiazole rings is 1. The van der Waals surface area contributed by atoms with E-state index in [1.165, 1.54) is 6.07 Å². The largest absolute Gasteiger partial charge is 0.486 e. The number of aromatic nitrogens is 1. The van der Waals surface area contributed by atoms with Gasteiger partial charge in [-0.2, -0.15) is 0 Å². The van der Waals surface area contributed by atoms with E-state index in [1.807, 2.05) is 0 Å². The van der Waals surface area contributed by atoms with Gasteiger partial charge in [-0.25, -0.2) is 9.37 Å². The Bertz CT molecular complexity index is 577. The fraction of sp³-hybridized carbons (Fsp3) is 0.357. The van der Waals surface area contributed by atoms with Crippen molar-refractivity contribution in [1.82, 2.24) is 4.98 Å². The zero-order valence-corrected chi connectivity index (χ0v) is 13.4. The summed E-state index contributed by atoms with van der Waals surface area (Å²) >= 11 is 4.72. The topological polar surface area (TPSA) is 22.1 Å². The highest BCUT2D eigenvalue weighted by Crippen LogP contribution is 2.26. The molecule has 2 nitrogen and oxygen atoms in total. The van der Waals surface area contributed by atoms with Crippen LogP contribution in [0.1, 0.15) is 31.5 Å². The van der Waals surface area contributed by atoms with Gasteiger partial charge in [-0.1, -0.05) is 20.8 Å². The van der Waals surface area contributed by atoms with E-state index in [0.29, 0.717) is 16.8 Å². The maximum absolute atomic E-state index is 13.1. The van der Waals surface area contributed by atoms with Gasteiger partial charge in [0.1, 0.15) is 23.2 Å². The molecule has 0 aliphatic heterocycles. The Morgan fingerprint density at radius 2 is 2.11 bits per heavy atom. The number of halogens is 2. The summed E-state index contributed by atoms with van der Waals surface area (Å²) < 4.78 is 19.1. The Morgan fingerprint density at radius 3 is 2.68 bits per heavy atom. The van der Waals surface area contributed by atoms with E-state index >= 15 is 0 Å². The second-order valence-corrected chi connectivity index (χ2v) is 7.04. The van der Waals surface area contributed by atoms with E-state index in [2.05, 4.69) is 47.1 Å². The van der Waals surface area contributed by atoms with Gasteiger partial charge in [0.25, 0.3) is 0 Å². The van der Waals surface area contributed by atoms with E-state index in [1.54, 1.807) is 23.5 Å². The van der Waals surface area contributed by atoms with Gasteiger partial charge >= 0.3 is 0 Å². The highest BCUT2D eigenvalue weighted by molar-refractivity contribution is 9.10. The minimum atomic E-state index is -0.295.